The van der Waals surface area contributed by atoms with Crippen molar-refractivity contribution in [3.8, 4) is 0 Å². The molecule has 8 heavy (non-hydrogen) atoms. The monoisotopic (exact) mass is 193 g/mol. The second-order valence-corrected chi connectivity index (χ2v) is 3.51. The molecule has 0 aliphatic rings. The molecule has 0 N–H and O–H groups in total. The number of hydrogen-bond donors (Lipinski definition) is 0. The van der Waals surface area contributed by atoms with Crippen LogP contribution in [0.15, 0.2) is 0 Å². The van der Waals surface area contributed by atoms with Gasteiger partial charge in [0.2, 0.25) is 10.6 Å². The second kappa shape index (κ2) is 3.11. The molecule has 0 aliphatic heterocycles. The summed E-state index contributed by atoms with van der Waals surface area (Å²) in [5, 5.41) is 0. The Balaban J connectivity index is 3.90. The molecule has 0 saturated carbocycles. The Hall–Kier alpha value is 0.830. The fourth-order valence-electron chi connectivity index (χ4n) is 0.0445. The molecule has 0 bridgehead atoms. The molecule has 0 spiro atoms. The molecular formula is C3HCl4O. The molecule has 0 amide bonds. The Labute approximate surface area is 66.8 Å². The van der Waals surface area contributed by atoms with E-state index in [1.54, 1.807) is 0 Å². The summed E-state index contributed by atoms with van der Waals surface area (Å²) >= 11 is 20.5. The van der Waals surface area contributed by atoms with Gasteiger partial charge in [-0.1, -0.05) is 23.2 Å². The molecule has 0 saturated heterocycles. The molecule has 0 aromatic rings. The number of alkyl halides is 4. The van der Waals surface area contributed by atoms with Gasteiger partial charge in [-0.2, -0.15) is 0 Å². The maximum Gasteiger partial charge on any atom is 0.240 e. The summed E-state index contributed by atoms with van der Waals surface area (Å²) in [6.07, 6.45) is 1.26. The van der Waals surface area contributed by atoms with Gasteiger partial charge in [0, 0.05) is 0 Å². The highest BCUT2D eigenvalue weighted by Crippen LogP contribution is 2.29. The fourth-order valence-corrected chi connectivity index (χ4v) is 0.134. The first-order valence-electron chi connectivity index (χ1n) is 1.56. The van der Waals surface area contributed by atoms with Crippen LogP contribution in [0, 0.1) is 0 Å². The van der Waals surface area contributed by atoms with Gasteiger partial charge in [0.1, 0.15) is 4.84 Å². The van der Waals surface area contributed by atoms with Gasteiger partial charge in [0.15, 0.2) is 0 Å². The lowest BCUT2D eigenvalue weighted by molar-refractivity contribution is 0.550. The van der Waals surface area contributed by atoms with Gasteiger partial charge in [-0.3, -0.25) is 4.79 Å². The highest BCUT2D eigenvalue weighted by Gasteiger charge is 2.32. The molecule has 0 aromatic carbocycles. The third-order valence-corrected chi connectivity index (χ3v) is 2.10. The summed E-state index contributed by atoms with van der Waals surface area (Å²) < 4.78 is -1.79. The summed E-state index contributed by atoms with van der Waals surface area (Å²) in [6.45, 7) is 0. The zero-order valence-electron chi connectivity index (χ0n) is 3.50. The average Bonchev–Trinajstić information content (AvgIpc) is 1.67. The van der Waals surface area contributed by atoms with Gasteiger partial charge in [0.05, 0.1) is 0 Å². The Kier molecular flexibility index (Phi) is 3.44. The van der Waals surface area contributed by atoms with Crippen LogP contribution in [-0.2, 0) is 4.79 Å². The smallest absolute Gasteiger partial charge is 0.240 e. The summed E-state index contributed by atoms with van der Waals surface area (Å²) in [7, 11) is 0. The van der Waals surface area contributed by atoms with Gasteiger partial charge in [-0.15, -0.1) is 23.2 Å². The van der Waals surface area contributed by atoms with Crippen LogP contribution in [0.2, 0.25) is 0 Å². The van der Waals surface area contributed by atoms with E-state index in [-0.39, 0.29) is 0 Å². The molecule has 0 unspecified atom stereocenters. The first kappa shape index (κ1) is 8.83. The van der Waals surface area contributed by atoms with Crippen molar-refractivity contribution in [3.05, 3.63) is 0 Å². The molecule has 0 fully saturated rings. The van der Waals surface area contributed by atoms with Crippen LogP contribution in [0.5, 0.6) is 0 Å². The normalized spacial score (nSPS) is 12.1. The molecule has 0 aliphatic carbocycles. The van der Waals surface area contributed by atoms with Crippen LogP contribution in [0.3, 0.4) is 0 Å². The van der Waals surface area contributed by atoms with Crippen molar-refractivity contribution in [3.63, 3.8) is 0 Å². The molecule has 0 rings (SSSR count). The highest BCUT2D eigenvalue weighted by atomic mass is 35.5. The largest absolute Gasteiger partial charge is 0.287 e. The lowest BCUT2D eigenvalue weighted by atomic mass is 10.5. The van der Waals surface area contributed by atoms with Gasteiger partial charge in [-0.25, -0.2) is 0 Å². The van der Waals surface area contributed by atoms with Crippen molar-refractivity contribution in [2.45, 2.75) is 9.17 Å². The first-order chi connectivity index (χ1) is 3.50. The molecule has 5 heteroatoms. The van der Waals surface area contributed by atoms with E-state index in [0.717, 1.165) is 0 Å². The minimum atomic E-state index is -1.79. The van der Waals surface area contributed by atoms with Crippen molar-refractivity contribution >= 4 is 52.7 Å². The quantitative estimate of drug-likeness (QED) is 0.616. The standard InChI is InChI=1S/C3HCl4O/c4-2(5)3(6,7)1-8/h2H. The van der Waals surface area contributed by atoms with E-state index < -0.39 is 9.17 Å². The van der Waals surface area contributed by atoms with E-state index in [1.165, 1.54) is 6.29 Å². The fraction of sp³-hybridized carbons (Fsp3) is 0.667. The molecule has 0 heterocycles. The van der Waals surface area contributed by atoms with Gasteiger partial charge >= 0.3 is 0 Å². The Morgan fingerprint density at radius 2 is 1.75 bits per heavy atom. The van der Waals surface area contributed by atoms with Crippen molar-refractivity contribution in [2.24, 2.45) is 0 Å². The molecule has 1 nitrogen and oxygen atoms in total. The predicted molar refractivity (Wildman–Crippen MR) is 35.6 cm³/mol. The van der Waals surface area contributed by atoms with E-state index in [9.17, 15) is 4.79 Å². The lowest BCUT2D eigenvalue weighted by Crippen LogP contribution is -2.22. The minimum absolute atomic E-state index is 1.14. The van der Waals surface area contributed by atoms with Crippen LogP contribution in [0.4, 0.5) is 0 Å². The van der Waals surface area contributed by atoms with E-state index >= 15 is 0 Å². The third kappa shape index (κ3) is 2.40. The molecule has 0 aromatic heterocycles. The second-order valence-electron chi connectivity index (χ2n) is 1.03. The van der Waals surface area contributed by atoms with Crippen LogP contribution in [-0.4, -0.2) is 15.5 Å². The average molecular weight is 195 g/mol. The van der Waals surface area contributed by atoms with E-state index in [2.05, 4.69) is 0 Å². The van der Waals surface area contributed by atoms with E-state index in [4.69, 9.17) is 46.4 Å². The number of carbonyl (C=O) groups excluding carboxylic acids is 1. The summed E-state index contributed by atoms with van der Waals surface area (Å²) in [5.74, 6) is 0. The maximum atomic E-state index is 9.71. The highest BCUT2D eigenvalue weighted by molar-refractivity contribution is 6.65. The van der Waals surface area contributed by atoms with E-state index in [1.807, 2.05) is 0 Å². The predicted octanol–water partition coefficient (Wildman–Crippen LogP) is 2.07. The molecule has 0 atom stereocenters. The number of halogens is 4. The maximum absolute atomic E-state index is 9.71. The topological polar surface area (TPSA) is 17.1 Å². The summed E-state index contributed by atoms with van der Waals surface area (Å²) in [4.78, 5) is 8.57. The number of hydrogen-bond acceptors (Lipinski definition) is 1. The van der Waals surface area contributed by atoms with Crippen molar-refractivity contribution in [1.29, 1.82) is 0 Å². The van der Waals surface area contributed by atoms with Gasteiger partial charge < -0.3 is 0 Å². The molecule has 47 valence electrons. The molecular weight excluding hydrogens is 194 g/mol. The van der Waals surface area contributed by atoms with Crippen LogP contribution >= 0.6 is 46.4 Å². The Morgan fingerprint density at radius 1 is 1.38 bits per heavy atom. The Bertz CT molecular complexity index is 89.3. The summed E-state index contributed by atoms with van der Waals surface area (Å²) in [5.41, 5.74) is 0. The van der Waals surface area contributed by atoms with Crippen LogP contribution in [0.1, 0.15) is 0 Å². The summed E-state index contributed by atoms with van der Waals surface area (Å²) in [6, 6.07) is 0. The Morgan fingerprint density at radius 3 is 1.75 bits per heavy atom. The minimum Gasteiger partial charge on any atom is -0.287 e. The van der Waals surface area contributed by atoms with Crippen molar-refractivity contribution in [2.75, 3.05) is 0 Å². The van der Waals surface area contributed by atoms with Crippen LogP contribution in [0.25, 0.3) is 0 Å². The van der Waals surface area contributed by atoms with Gasteiger partial charge in [-0.05, 0) is 0 Å². The zero-order chi connectivity index (χ0) is 6.78. The zero-order valence-corrected chi connectivity index (χ0v) is 6.52. The van der Waals surface area contributed by atoms with Crippen molar-refractivity contribution in [1.82, 2.24) is 0 Å². The third-order valence-electron chi connectivity index (χ3n) is 0.410. The SMILES string of the molecule is O=[C]C(Cl)(Cl)C(Cl)Cl. The van der Waals surface area contributed by atoms with Crippen molar-refractivity contribution < 1.29 is 4.79 Å². The molecule has 1 radical (unpaired) electrons. The van der Waals surface area contributed by atoms with Gasteiger partial charge in [0.25, 0.3) is 0 Å². The lowest BCUT2D eigenvalue weighted by Gasteiger charge is -2.09. The number of rotatable bonds is 2. The first-order valence-corrected chi connectivity index (χ1v) is 3.19. The van der Waals surface area contributed by atoms with Crippen LogP contribution < -0.4 is 0 Å². The van der Waals surface area contributed by atoms with E-state index in [0.29, 0.717) is 0 Å².